The van der Waals surface area contributed by atoms with Gasteiger partial charge in [-0.1, -0.05) is 53.9 Å². The van der Waals surface area contributed by atoms with E-state index < -0.39 is 10.0 Å². The highest BCUT2D eigenvalue weighted by Crippen LogP contribution is 2.08. The highest BCUT2D eigenvalue weighted by Gasteiger charge is 2.11. The van der Waals surface area contributed by atoms with Gasteiger partial charge < -0.3 is 0 Å². The van der Waals surface area contributed by atoms with Crippen molar-refractivity contribution in [3.8, 4) is 12.0 Å². The maximum Gasteiger partial charge on any atom is 0.257 e. The van der Waals surface area contributed by atoms with Crippen molar-refractivity contribution in [3.05, 3.63) is 65.7 Å². The second-order valence-corrected chi connectivity index (χ2v) is 6.19. The van der Waals surface area contributed by atoms with E-state index >= 15 is 0 Å². The predicted molar refractivity (Wildman–Crippen MR) is 82.6 cm³/mol. The maximum absolute atomic E-state index is 11.9. The molecule has 2 aromatic rings. The number of benzene rings is 2. The Morgan fingerprint density at radius 1 is 1.00 bits per heavy atom. The molecule has 0 amide bonds. The lowest BCUT2D eigenvalue weighted by Crippen LogP contribution is -2.33. The summed E-state index contributed by atoms with van der Waals surface area (Å²) in [6, 6.07) is 18.9. The van der Waals surface area contributed by atoms with E-state index in [1.165, 1.54) is 0 Å². The van der Waals surface area contributed by atoms with Gasteiger partial charge in [-0.2, -0.15) is 0 Å². The van der Waals surface area contributed by atoms with Gasteiger partial charge in [-0.3, -0.25) is 5.43 Å². The van der Waals surface area contributed by atoms with Crippen LogP contribution in [0.2, 0.25) is 0 Å². The third-order valence-corrected chi connectivity index (χ3v) is 4.07. The maximum atomic E-state index is 11.9. The molecule has 4 nitrogen and oxygen atoms in total. The Morgan fingerprint density at radius 2 is 1.67 bits per heavy atom. The first kappa shape index (κ1) is 15.1. The minimum Gasteiger partial charge on any atom is -0.266 e. The molecular formula is C16H16N2O2S. The fourth-order valence-corrected chi connectivity index (χ4v) is 2.45. The molecule has 0 saturated heterocycles. The fraction of sp³-hybridized carbons (Fsp3) is 0.125. The zero-order valence-corrected chi connectivity index (χ0v) is 12.4. The number of hydrazine groups is 1. The molecule has 0 atom stereocenters. The fourth-order valence-electron chi connectivity index (χ4n) is 1.66. The van der Waals surface area contributed by atoms with Gasteiger partial charge in [0.2, 0.25) is 0 Å². The lowest BCUT2D eigenvalue weighted by molar-refractivity contribution is 0.576. The molecule has 0 spiro atoms. The molecule has 2 aromatic carbocycles. The summed E-state index contributed by atoms with van der Waals surface area (Å²) >= 11 is 0. The van der Waals surface area contributed by atoms with Crippen LogP contribution in [0.3, 0.4) is 0 Å². The largest absolute Gasteiger partial charge is 0.266 e. The van der Waals surface area contributed by atoms with Gasteiger partial charge in [0.25, 0.3) is 10.0 Å². The van der Waals surface area contributed by atoms with Crippen LogP contribution in [0.4, 0.5) is 0 Å². The molecule has 0 saturated carbocycles. The van der Waals surface area contributed by atoms with Crippen LogP contribution in [0.25, 0.3) is 0 Å². The Kier molecular flexibility index (Phi) is 4.99. The molecule has 0 bridgehead atoms. The van der Waals surface area contributed by atoms with Crippen LogP contribution in [0, 0.1) is 18.9 Å². The number of sulfonamides is 1. The number of hydrogen-bond donors (Lipinski definition) is 2. The van der Waals surface area contributed by atoms with Crippen molar-refractivity contribution >= 4 is 10.0 Å². The molecule has 0 radical (unpaired) electrons. The van der Waals surface area contributed by atoms with Crippen LogP contribution in [0.15, 0.2) is 59.5 Å². The molecule has 0 aromatic heterocycles. The summed E-state index contributed by atoms with van der Waals surface area (Å²) in [6.45, 7) is 1.90. The Morgan fingerprint density at radius 3 is 2.33 bits per heavy atom. The summed E-state index contributed by atoms with van der Waals surface area (Å²) in [4.78, 5) is 2.43. The second-order valence-electron chi connectivity index (χ2n) is 4.51. The second kappa shape index (κ2) is 6.93. The Balaban J connectivity index is 1.90. The summed E-state index contributed by atoms with van der Waals surface area (Å²) in [5, 5.41) is 0. The topological polar surface area (TPSA) is 58.2 Å². The van der Waals surface area contributed by atoms with Crippen LogP contribution in [-0.2, 0) is 16.4 Å². The molecule has 21 heavy (non-hydrogen) atoms. The first-order valence-corrected chi connectivity index (χ1v) is 7.91. The van der Waals surface area contributed by atoms with Crippen LogP contribution in [-0.4, -0.2) is 8.42 Å². The van der Waals surface area contributed by atoms with Gasteiger partial charge in [0.1, 0.15) is 0 Å². The van der Waals surface area contributed by atoms with E-state index in [-0.39, 0.29) is 4.90 Å². The first-order chi connectivity index (χ1) is 10.1. The van der Waals surface area contributed by atoms with E-state index in [2.05, 4.69) is 22.2 Å². The zero-order chi connectivity index (χ0) is 15.1. The average Bonchev–Trinajstić information content (AvgIpc) is 2.48. The monoisotopic (exact) mass is 300 g/mol. The summed E-state index contributed by atoms with van der Waals surface area (Å²) in [6.07, 6.45) is 0.556. The van der Waals surface area contributed by atoms with Crippen molar-refractivity contribution in [1.82, 2.24) is 10.3 Å². The van der Waals surface area contributed by atoms with Crippen molar-refractivity contribution < 1.29 is 8.42 Å². The zero-order valence-electron chi connectivity index (χ0n) is 11.6. The number of nitrogens with one attached hydrogen (secondary N) is 2. The Labute approximate surface area is 125 Å². The molecule has 108 valence electrons. The smallest absolute Gasteiger partial charge is 0.257 e. The summed E-state index contributed by atoms with van der Waals surface area (Å²) in [5.74, 6) is 2.85. The van der Waals surface area contributed by atoms with Crippen molar-refractivity contribution in [2.45, 2.75) is 18.2 Å². The molecule has 0 aliphatic carbocycles. The van der Waals surface area contributed by atoms with Gasteiger partial charge in [0.05, 0.1) is 4.90 Å². The van der Waals surface area contributed by atoms with Crippen LogP contribution < -0.4 is 10.3 Å². The molecule has 0 unspecified atom stereocenters. The normalized spacial score (nSPS) is 10.5. The minimum atomic E-state index is -3.59. The standard InChI is InChI=1S/C16H16N2O2S/c1-14-9-11-16(12-10-14)21(19,20)18-17-13-5-8-15-6-3-2-4-7-15/h2-4,6-7,9-12,17-18H,8H2,1H3. The van der Waals surface area contributed by atoms with Crippen LogP contribution in [0.5, 0.6) is 0 Å². The van der Waals surface area contributed by atoms with Crippen molar-refractivity contribution in [3.63, 3.8) is 0 Å². The van der Waals surface area contributed by atoms with E-state index in [0.29, 0.717) is 6.42 Å². The lowest BCUT2D eigenvalue weighted by Gasteiger charge is -2.04. The molecule has 0 heterocycles. The minimum absolute atomic E-state index is 0.199. The Bertz CT molecular complexity index is 742. The number of rotatable bonds is 4. The van der Waals surface area contributed by atoms with Crippen LogP contribution >= 0.6 is 0 Å². The number of aryl methyl sites for hydroxylation is 1. The van der Waals surface area contributed by atoms with E-state index in [4.69, 9.17) is 0 Å². The molecule has 0 aliphatic heterocycles. The van der Waals surface area contributed by atoms with Gasteiger partial charge in [0.15, 0.2) is 0 Å². The van der Waals surface area contributed by atoms with Gasteiger partial charge in [-0.25, -0.2) is 8.42 Å². The number of hydrogen-bond acceptors (Lipinski definition) is 3. The van der Waals surface area contributed by atoms with Crippen molar-refractivity contribution in [2.24, 2.45) is 0 Å². The van der Waals surface area contributed by atoms with Gasteiger partial charge in [-0.05, 0) is 24.6 Å². The lowest BCUT2D eigenvalue weighted by atomic mass is 10.2. The Hall–Kier alpha value is -2.29. The molecule has 2 rings (SSSR count). The summed E-state index contributed by atoms with van der Waals surface area (Å²) < 4.78 is 23.9. The van der Waals surface area contributed by atoms with E-state index in [9.17, 15) is 8.42 Å². The van der Waals surface area contributed by atoms with Gasteiger partial charge in [-0.15, -0.1) is 4.83 Å². The van der Waals surface area contributed by atoms with E-state index in [1.54, 1.807) is 24.3 Å². The molecular weight excluding hydrogens is 284 g/mol. The van der Waals surface area contributed by atoms with Crippen LogP contribution in [0.1, 0.15) is 11.1 Å². The highest BCUT2D eigenvalue weighted by atomic mass is 32.2. The molecule has 0 aliphatic rings. The van der Waals surface area contributed by atoms with E-state index in [0.717, 1.165) is 11.1 Å². The molecule has 0 fully saturated rings. The van der Waals surface area contributed by atoms with E-state index in [1.807, 2.05) is 37.3 Å². The van der Waals surface area contributed by atoms with Gasteiger partial charge >= 0.3 is 0 Å². The third-order valence-electron chi connectivity index (χ3n) is 2.80. The molecule has 5 heteroatoms. The third kappa shape index (κ3) is 4.63. The van der Waals surface area contributed by atoms with Crippen molar-refractivity contribution in [1.29, 1.82) is 0 Å². The summed E-state index contributed by atoms with van der Waals surface area (Å²) in [7, 11) is -3.59. The highest BCUT2D eigenvalue weighted by molar-refractivity contribution is 7.89. The van der Waals surface area contributed by atoms with Crippen molar-refractivity contribution in [2.75, 3.05) is 0 Å². The quantitative estimate of drug-likeness (QED) is 0.516. The SMILES string of the molecule is Cc1ccc(S(=O)(=O)NNC#CCc2ccccc2)cc1. The van der Waals surface area contributed by atoms with Gasteiger partial charge in [0, 0.05) is 12.5 Å². The first-order valence-electron chi connectivity index (χ1n) is 6.43. The molecule has 2 N–H and O–H groups in total. The average molecular weight is 300 g/mol. The summed E-state index contributed by atoms with van der Waals surface area (Å²) in [5.41, 5.74) is 4.49. The predicted octanol–water partition coefficient (Wildman–Crippen LogP) is 1.98.